The number of carboxylic acids is 1. The number of carboxylic acid groups (broad SMARTS) is 1. The van der Waals surface area contributed by atoms with E-state index in [1.54, 1.807) is 4.68 Å². The van der Waals surface area contributed by atoms with Gasteiger partial charge in [0.2, 0.25) is 0 Å². The molecule has 0 fully saturated rings. The van der Waals surface area contributed by atoms with Crippen molar-refractivity contribution in [3.63, 3.8) is 0 Å². The Bertz CT molecular complexity index is 1050. The van der Waals surface area contributed by atoms with Crippen molar-refractivity contribution in [1.82, 2.24) is 9.78 Å². The highest BCUT2D eigenvalue weighted by atomic mass is 16.6. The Morgan fingerprint density at radius 1 is 1.21 bits per heavy atom. The lowest BCUT2D eigenvalue weighted by molar-refractivity contribution is 0.0685. The molecular formula is C23H25N3O3. The van der Waals surface area contributed by atoms with Gasteiger partial charge in [-0.2, -0.15) is 5.10 Å². The van der Waals surface area contributed by atoms with Gasteiger partial charge in [0.15, 0.2) is 5.69 Å². The van der Waals surface area contributed by atoms with Crippen LogP contribution in [0.15, 0.2) is 48.5 Å². The van der Waals surface area contributed by atoms with Gasteiger partial charge in [-0.05, 0) is 53.5 Å². The number of hydrogen-bond acceptors (Lipinski definition) is 4. The molecule has 0 atom stereocenters. The van der Waals surface area contributed by atoms with Gasteiger partial charge in [-0.25, -0.2) is 15.4 Å². The molecule has 1 aromatic heterocycles. The highest BCUT2D eigenvalue weighted by Crippen LogP contribution is 2.37. The van der Waals surface area contributed by atoms with Crippen molar-refractivity contribution in [2.75, 3.05) is 0 Å². The van der Waals surface area contributed by atoms with Crippen molar-refractivity contribution in [1.29, 1.82) is 0 Å². The van der Waals surface area contributed by atoms with Crippen LogP contribution < -0.4 is 5.90 Å². The fourth-order valence-corrected chi connectivity index (χ4v) is 4.11. The molecule has 0 aliphatic heterocycles. The first-order chi connectivity index (χ1) is 13.9. The zero-order chi connectivity index (χ0) is 20.6. The first-order valence-corrected chi connectivity index (χ1v) is 9.74. The van der Waals surface area contributed by atoms with E-state index in [4.69, 9.17) is 10.7 Å². The van der Waals surface area contributed by atoms with E-state index < -0.39 is 5.97 Å². The number of rotatable bonds is 5. The minimum Gasteiger partial charge on any atom is -0.476 e. The summed E-state index contributed by atoms with van der Waals surface area (Å²) in [7, 11) is 0. The maximum Gasteiger partial charge on any atom is 0.354 e. The summed E-state index contributed by atoms with van der Waals surface area (Å²) >= 11 is 0. The number of nitrogens with zero attached hydrogens (tertiary/aromatic N) is 2. The van der Waals surface area contributed by atoms with Crippen molar-refractivity contribution in [2.45, 2.75) is 39.7 Å². The fraction of sp³-hybridized carbons (Fsp3) is 0.304. The van der Waals surface area contributed by atoms with Crippen LogP contribution in [0.5, 0.6) is 0 Å². The number of aromatic carboxylic acids is 1. The normalized spacial score (nSPS) is 15.1. The molecule has 0 unspecified atom stereocenters. The molecule has 0 bridgehead atoms. The van der Waals surface area contributed by atoms with Crippen LogP contribution in [0.3, 0.4) is 0 Å². The first-order valence-electron chi connectivity index (χ1n) is 9.74. The second-order valence-electron chi connectivity index (χ2n) is 8.35. The third kappa shape index (κ3) is 3.69. The summed E-state index contributed by atoms with van der Waals surface area (Å²) in [6.07, 6.45) is 2.55. The topological polar surface area (TPSA) is 90.4 Å². The average Bonchev–Trinajstić information content (AvgIpc) is 3.06. The summed E-state index contributed by atoms with van der Waals surface area (Å²) in [5.41, 5.74) is 5.90. The first kappa shape index (κ1) is 19.4. The van der Waals surface area contributed by atoms with Gasteiger partial charge in [0.25, 0.3) is 0 Å². The van der Waals surface area contributed by atoms with E-state index in [2.05, 4.69) is 18.9 Å². The molecule has 0 spiro atoms. The molecule has 0 radical (unpaired) electrons. The SMILES string of the molecule is CC1(C)CCc2nn(-c3ccc(-c4ccccc4CON)cc3)c(C(=O)O)c2C1. The van der Waals surface area contributed by atoms with Crippen molar-refractivity contribution in [3.8, 4) is 16.8 Å². The molecule has 150 valence electrons. The van der Waals surface area contributed by atoms with Gasteiger partial charge in [-0.3, -0.25) is 4.84 Å². The van der Waals surface area contributed by atoms with Gasteiger partial charge in [-0.1, -0.05) is 50.2 Å². The van der Waals surface area contributed by atoms with E-state index in [1.807, 2.05) is 48.5 Å². The van der Waals surface area contributed by atoms with E-state index in [0.717, 1.165) is 52.9 Å². The quantitative estimate of drug-likeness (QED) is 0.638. The number of aromatic nitrogens is 2. The number of carbonyl (C=O) groups is 1. The Balaban J connectivity index is 1.74. The van der Waals surface area contributed by atoms with Crippen LogP contribution in [0.4, 0.5) is 0 Å². The number of hydrogen-bond donors (Lipinski definition) is 2. The highest BCUT2D eigenvalue weighted by molar-refractivity contribution is 5.88. The lowest BCUT2D eigenvalue weighted by atomic mass is 9.76. The largest absolute Gasteiger partial charge is 0.476 e. The van der Waals surface area contributed by atoms with Crippen LogP contribution in [0, 0.1) is 5.41 Å². The summed E-state index contributed by atoms with van der Waals surface area (Å²) in [5, 5.41) is 14.5. The standard InChI is InChI=1S/C23H25N3O3/c1-23(2)12-11-20-19(13-23)21(22(27)28)26(25-20)17-9-7-15(8-10-17)18-6-4-3-5-16(18)14-29-24/h3-10H,11-14,24H2,1-2H3,(H,27,28). The van der Waals surface area contributed by atoms with Crippen LogP contribution in [0.25, 0.3) is 16.8 Å². The molecule has 0 saturated heterocycles. The zero-order valence-electron chi connectivity index (χ0n) is 16.7. The second-order valence-corrected chi connectivity index (χ2v) is 8.35. The van der Waals surface area contributed by atoms with Crippen LogP contribution in [-0.2, 0) is 24.3 Å². The summed E-state index contributed by atoms with van der Waals surface area (Å²) < 4.78 is 1.58. The molecule has 4 rings (SSSR count). The molecule has 2 aromatic carbocycles. The van der Waals surface area contributed by atoms with Gasteiger partial charge >= 0.3 is 5.97 Å². The van der Waals surface area contributed by atoms with E-state index in [1.165, 1.54) is 0 Å². The second kappa shape index (κ2) is 7.46. The summed E-state index contributed by atoms with van der Waals surface area (Å²) in [5.74, 6) is 4.31. The van der Waals surface area contributed by atoms with Crippen LogP contribution >= 0.6 is 0 Å². The lowest BCUT2D eigenvalue weighted by Crippen LogP contribution is -2.23. The van der Waals surface area contributed by atoms with Crippen molar-refractivity contribution >= 4 is 5.97 Å². The summed E-state index contributed by atoms with van der Waals surface area (Å²) in [4.78, 5) is 16.9. The van der Waals surface area contributed by atoms with E-state index in [-0.39, 0.29) is 11.1 Å². The molecule has 0 saturated carbocycles. The molecule has 29 heavy (non-hydrogen) atoms. The lowest BCUT2D eigenvalue weighted by Gasteiger charge is -2.28. The van der Waals surface area contributed by atoms with Gasteiger partial charge in [-0.15, -0.1) is 0 Å². The van der Waals surface area contributed by atoms with Crippen LogP contribution in [0.1, 0.15) is 47.6 Å². The van der Waals surface area contributed by atoms with Gasteiger partial charge in [0.05, 0.1) is 18.0 Å². The third-order valence-electron chi connectivity index (χ3n) is 5.64. The maximum absolute atomic E-state index is 12.1. The number of nitrogens with two attached hydrogens (primary N) is 1. The number of fused-ring (bicyclic) bond motifs is 1. The average molecular weight is 391 g/mol. The van der Waals surface area contributed by atoms with Gasteiger partial charge in [0.1, 0.15) is 0 Å². The monoisotopic (exact) mass is 391 g/mol. The van der Waals surface area contributed by atoms with Crippen molar-refractivity contribution in [3.05, 3.63) is 71.0 Å². The van der Waals surface area contributed by atoms with E-state index in [0.29, 0.717) is 6.61 Å². The van der Waals surface area contributed by atoms with Gasteiger partial charge < -0.3 is 5.11 Å². The minimum absolute atomic E-state index is 0.0870. The Morgan fingerprint density at radius 3 is 2.62 bits per heavy atom. The predicted octanol–water partition coefficient (Wildman–Crippen LogP) is 4.14. The Kier molecular flexibility index (Phi) is 4.98. The van der Waals surface area contributed by atoms with Crippen LogP contribution in [-0.4, -0.2) is 20.9 Å². The molecule has 3 aromatic rings. The number of benzene rings is 2. The Hall–Kier alpha value is -2.96. The summed E-state index contributed by atoms with van der Waals surface area (Å²) in [6, 6.07) is 15.7. The molecule has 1 aliphatic carbocycles. The maximum atomic E-state index is 12.1. The number of aryl methyl sites for hydroxylation is 1. The van der Waals surface area contributed by atoms with Crippen molar-refractivity contribution in [2.24, 2.45) is 11.3 Å². The van der Waals surface area contributed by atoms with Crippen molar-refractivity contribution < 1.29 is 14.7 Å². The molecule has 1 aliphatic rings. The van der Waals surface area contributed by atoms with Crippen LogP contribution in [0.2, 0.25) is 0 Å². The molecule has 1 heterocycles. The fourth-order valence-electron chi connectivity index (χ4n) is 4.11. The molecule has 6 nitrogen and oxygen atoms in total. The molecule has 3 N–H and O–H groups in total. The molecule has 6 heteroatoms. The Morgan fingerprint density at radius 2 is 1.93 bits per heavy atom. The van der Waals surface area contributed by atoms with Gasteiger partial charge in [0, 0.05) is 5.56 Å². The molecular weight excluding hydrogens is 366 g/mol. The minimum atomic E-state index is -0.939. The third-order valence-corrected chi connectivity index (χ3v) is 5.64. The zero-order valence-corrected chi connectivity index (χ0v) is 16.7. The Labute approximate surface area is 169 Å². The van der Waals surface area contributed by atoms with E-state index in [9.17, 15) is 9.90 Å². The molecule has 0 amide bonds. The summed E-state index contributed by atoms with van der Waals surface area (Å²) in [6.45, 7) is 4.68. The smallest absolute Gasteiger partial charge is 0.354 e. The predicted molar refractivity (Wildman–Crippen MR) is 111 cm³/mol. The highest BCUT2D eigenvalue weighted by Gasteiger charge is 2.33. The van der Waals surface area contributed by atoms with E-state index >= 15 is 0 Å².